The predicted molar refractivity (Wildman–Crippen MR) is 129 cm³/mol. The summed E-state index contributed by atoms with van der Waals surface area (Å²) in [6, 6.07) is 0. The minimum Gasteiger partial charge on any atom is -0.481 e. The number of amides is 2. The van der Waals surface area contributed by atoms with E-state index in [0.717, 1.165) is 0 Å². The number of nitrogens with zero attached hydrogens (tertiary/aromatic N) is 3. The standard InChI is InChI=1S/C21H36N6O9S/c1-2-5-16(21(31)32)14-17(28)15-36-12-11-35-10-9-22-19(29)8-4-13-37(33,34)25-20(30)7-3-6-18-23-26-27-24-18/h16H,2-15H2,1H3,(H,22,29)(H,25,30)(H,31,32)(H,23,24,26,27)/t16-/m1/s1. The second kappa shape index (κ2) is 18.3. The molecule has 0 saturated heterocycles. The van der Waals surface area contributed by atoms with Crippen molar-refractivity contribution in [2.24, 2.45) is 5.92 Å². The number of rotatable bonds is 22. The van der Waals surface area contributed by atoms with Crippen molar-refractivity contribution in [3.63, 3.8) is 0 Å². The molecule has 1 atom stereocenters. The van der Waals surface area contributed by atoms with E-state index in [-0.39, 0.29) is 76.1 Å². The summed E-state index contributed by atoms with van der Waals surface area (Å²) in [6.45, 7) is 2.40. The lowest BCUT2D eigenvalue weighted by Gasteiger charge is -2.10. The summed E-state index contributed by atoms with van der Waals surface area (Å²) < 4.78 is 36.4. The summed E-state index contributed by atoms with van der Waals surface area (Å²) >= 11 is 0. The van der Waals surface area contributed by atoms with E-state index in [0.29, 0.717) is 31.5 Å². The van der Waals surface area contributed by atoms with Gasteiger partial charge in [0.25, 0.3) is 0 Å². The largest absolute Gasteiger partial charge is 0.481 e. The molecule has 0 spiro atoms. The first-order valence-corrected chi connectivity index (χ1v) is 13.7. The van der Waals surface area contributed by atoms with Crippen LogP contribution < -0.4 is 10.0 Å². The van der Waals surface area contributed by atoms with Crippen LogP contribution in [-0.2, 0) is 45.1 Å². The van der Waals surface area contributed by atoms with Gasteiger partial charge in [0, 0.05) is 32.2 Å². The molecule has 1 rings (SSSR count). The van der Waals surface area contributed by atoms with Gasteiger partial charge in [-0.3, -0.25) is 23.9 Å². The van der Waals surface area contributed by atoms with Gasteiger partial charge in [0.2, 0.25) is 21.8 Å². The molecule has 15 nitrogen and oxygen atoms in total. The van der Waals surface area contributed by atoms with Crippen LogP contribution in [0.1, 0.15) is 57.7 Å². The topological polar surface area (TPSA) is 220 Å². The molecule has 4 N–H and O–H groups in total. The summed E-state index contributed by atoms with van der Waals surface area (Å²) in [5.41, 5.74) is 0. The maximum absolute atomic E-state index is 12.0. The molecule has 0 aliphatic heterocycles. The van der Waals surface area contributed by atoms with Gasteiger partial charge in [-0.15, -0.1) is 10.2 Å². The van der Waals surface area contributed by atoms with Crippen molar-refractivity contribution in [1.29, 1.82) is 0 Å². The highest BCUT2D eigenvalue weighted by atomic mass is 32.2. The molecule has 2 amide bonds. The number of carbonyl (C=O) groups excluding carboxylic acids is 3. The zero-order valence-corrected chi connectivity index (χ0v) is 21.8. The van der Waals surface area contributed by atoms with Gasteiger partial charge >= 0.3 is 5.97 Å². The highest BCUT2D eigenvalue weighted by Gasteiger charge is 2.20. The van der Waals surface area contributed by atoms with Gasteiger partial charge in [0.1, 0.15) is 6.61 Å². The molecule has 0 fully saturated rings. The van der Waals surface area contributed by atoms with E-state index < -0.39 is 27.8 Å². The molecule has 0 unspecified atom stereocenters. The molecule has 1 heterocycles. The zero-order chi connectivity index (χ0) is 27.5. The normalized spacial score (nSPS) is 12.1. The Morgan fingerprint density at radius 1 is 1.05 bits per heavy atom. The van der Waals surface area contributed by atoms with E-state index in [4.69, 9.17) is 14.6 Å². The SMILES string of the molecule is CCC[C@H](CC(=O)COCCOCCNC(=O)CCCS(=O)(=O)NC(=O)CCCc1nn[nH]n1)C(=O)O. The maximum Gasteiger partial charge on any atom is 0.306 e. The van der Waals surface area contributed by atoms with Gasteiger partial charge < -0.3 is 19.9 Å². The van der Waals surface area contributed by atoms with Crippen LogP contribution in [0.25, 0.3) is 0 Å². The smallest absolute Gasteiger partial charge is 0.306 e. The molecule has 1 aromatic rings. The van der Waals surface area contributed by atoms with Crippen molar-refractivity contribution in [2.45, 2.75) is 58.3 Å². The molecule has 0 radical (unpaired) electrons. The number of H-pyrrole nitrogens is 1. The fourth-order valence-electron chi connectivity index (χ4n) is 3.15. The highest BCUT2D eigenvalue weighted by molar-refractivity contribution is 7.90. The van der Waals surface area contributed by atoms with E-state index in [1.165, 1.54) is 0 Å². The molecule has 210 valence electrons. The van der Waals surface area contributed by atoms with Gasteiger partial charge in [0.15, 0.2) is 11.6 Å². The number of aromatic nitrogens is 4. The number of sulfonamides is 1. The van der Waals surface area contributed by atoms with E-state index in [9.17, 15) is 27.6 Å². The third-order valence-electron chi connectivity index (χ3n) is 4.94. The van der Waals surface area contributed by atoms with Gasteiger partial charge in [-0.05, 0) is 19.3 Å². The minimum absolute atomic E-state index is 0.0141. The lowest BCUT2D eigenvalue weighted by molar-refractivity contribution is -0.144. The number of carbonyl (C=O) groups is 4. The molecule has 37 heavy (non-hydrogen) atoms. The van der Waals surface area contributed by atoms with Crippen LogP contribution in [0.15, 0.2) is 0 Å². The molecular weight excluding hydrogens is 512 g/mol. The van der Waals surface area contributed by atoms with Crippen molar-refractivity contribution in [1.82, 2.24) is 30.7 Å². The number of aryl methyl sites for hydroxylation is 1. The molecule has 0 bridgehead atoms. The van der Waals surface area contributed by atoms with Crippen molar-refractivity contribution in [2.75, 3.05) is 38.7 Å². The molecule has 0 aliphatic carbocycles. The minimum atomic E-state index is -3.84. The summed E-state index contributed by atoms with van der Waals surface area (Å²) in [5.74, 6) is -2.89. The Bertz CT molecular complexity index is 940. The number of carboxylic acid groups (broad SMARTS) is 1. The first-order valence-electron chi connectivity index (χ1n) is 12.0. The van der Waals surface area contributed by atoms with Crippen LogP contribution in [0, 0.1) is 5.92 Å². The Labute approximate surface area is 215 Å². The monoisotopic (exact) mass is 548 g/mol. The van der Waals surface area contributed by atoms with E-state index >= 15 is 0 Å². The number of nitrogens with one attached hydrogen (secondary N) is 3. The van der Waals surface area contributed by atoms with E-state index in [2.05, 4.69) is 25.9 Å². The molecule has 0 aliphatic rings. The Hall–Kier alpha value is -2.98. The summed E-state index contributed by atoms with van der Waals surface area (Å²) in [5, 5.41) is 24.8. The Balaban J connectivity index is 2.02. The van der Waals surface area contributed by atoms with Crippen molar-refractivity contribution >= 4 is 33.6 Å². The zero-order valence-electron chi connectivity index (χ0n) is 20.9. The van der Waals surface area contributed by atoms with Gasteiger partial charge in [-0.2, -0.15) is 5.21 Å². The van der Waals surface area contributed by atoms with Gasteiger partial charge in [-0.1, -0.05) is 18.6 Å². The molecule has 16 heteroatoms. The quantitative estimate of drug-likeness (QED) is 0.133. The first-order chi connectivity index (χ1) is 17.6. The average molecular weight is 549 g/mol. The van der Waals surface area contributed by atoms with Crippen LogP contribution >= 0.6 is 0 Å². The Kier molecular flexibility index (Phi) is 15.8. The number of Topliss-reactive ketones (excluding diaryl/α,β-unsaturated/α-hetero) is 1. The molecule has 0 saturated carbocycles. The number of carboxylic acids is 1. The van der Waals surface area contributed by atoms with Gasteiger partial charge in [-0.25, -0.2) is 8.42 Å². The molecule has 0 aromatic carbocycles. The number of aliphatic carboxylic acids is 1. The van der Waals surface area contributed by atoms with Crippen molar-refractivity contribution < 1.29 is 42.2 Å². The van der Waals surface area contributed by atoms with Crippen molar-refractivity contribution in [3.8, 4) is 0 Å². The highest BCUT2D eigenvalue weighted by Crippen LogP contribution is 2.12. The van der Waals surface area contributed by atoms with E-state index in [1.54, 1.807) is 0 Å². The second-order valence-electron chi connectivity index (χ2n) is 8.21. The summed E-state index contributed by atoms with van der Waals surface area (Å²) in [6.07, 6.45) is 1.79. The fraction of sp³-hybridized carbons (Fsp3) is 0.762. The summed E-state index contributed by atoms with van der Waals surface area (Å²) in [7, 11) is -3.84. The molecule has 1 aromatic heterocycles. The Morgan fingerprint density at radius 3 is 2.46 bits per heavy atom. The third-order valence-corrected chi connectivity index (χ3v) is 6.31. The maximum atomic E-state index is 12.0. The lowest BCUT2D eigenvalue weighted by Crippen LogP contribution is -2.33. The number of tetrazole rings is 1. The predicted octanol–water partition coefficient (Wildman–Crippen LogP) is -0.642. The third kappa shape index (κ3) is 16.4. The van der Waals surface area contributed by atoms with Crippen LogP contribution in [0.5, 0.6) is 0 Å². The van der Waals surface area contributed by atoms with Gasteiger partial charge in [0.05, 0.1) is 31.5 Å². The van der Waals surface area contributed by atoms with Crippen LogP contribution in [0.2, 0.25) is 0 Å². The fourth-order valence-corrected chi connectivity index (χ4v) is 4.22. The number of hydrogen-bond donors (Lipinski definition) is 4. The first kappa shape index (κ1) is 32.0. The lowest BCUT2D eigenvalue weighted by atomic mass is 9.98. The molecular formula is C21H36N6O9S. The van der Waals surface area contributed by atoms with Crippen LogP contribution in [-0.4, -0.2) is 96.4 Å². The van der Waals surface area contributed by atoms with Crippen LogP contribution in [0.4, 0.5) is 0 Å². The summed E-state index contributed by atoms with van der Waals surface area (Å²) in [4.78, 5) is 46.5. The average Bonchev–Trinajstić information content (AvgIpc) is 3.33. The van der Waals surface area contributed by atoms with Crippen molar-refractivity contribution in [3.05, 3.63) is 5.82 Å². The number of aromatic amines is 1. The second-order valence-corrected chi connectivity index (χ2v) is 10.1. The number of ether oxygens (including phenoxy) is 2. The number of ketones is 1. The number of hydrogen-bond acceptors (Lipinski definition) is 11. The van der Waals surface area contributed by atoms with E-state index in [1.807, 2.05) is 11.6 Å². The Morgan fingerprint density at radius 2 is 1.78 bits per heavy atom. The van der Waals surface area contributed by atoms with Crippen LogP contribution in [0.3, 0.4) is 0 Å².